The summed E-state index contributed by atoms with van der Waals surface area (Å²) in [6, 6.07) is 7.87. The molecule has 5 heteroatoms. The molecule has 0 bridgehead atoms. The number of rotatable bonds is 4. The number of hydrogen-bond donors (Lipinski definition) is 2. The molecule has 5 nitrogen and oxygen atoms in total. The second kappa shape index (κ2) is 5.18. The Morgan fingerprint density at radius 2 is 1.94 bits per heavy atom. The van der Waals surface area contributed by atoms with Crippen molar-refractivity contribution in [2.75, 3.05) is 0 Å². The van der Waals surface area contributed by atoms with Gasteiger partial charge in [-0.25, -0.2) is 4.79 Å². The minimum absolute atomic E-state index is 0.0729. The highest BCUT2D eigenvalue weighted by Gasteiger charge is 2.10. The van der Waals surface area contributed by atoms with E-state index in [4.69, 9.17) is 14.9 Å². The zero-order valence-electron chi connectivity index (χ0n) is 9.41. The lowest BCUT2D eigenvalue weighted by Gasteiger charge is -2.08. The van der Waals surface area contributed by atoms with Gasteiger partial charge in [0.25, 0.3) is 0 Å². The van der Waals surface area contributed by atoms with Crippen LogP contribution in [0, 0.1) is 0 Å². The average Bonchev–Trinajstić information content (AvgIpc) is 2.38. The maximum atomic E-state index is 10.9. The first-order chi connectivity index (χ1) is 8.66. The van der Waals surface area contributed by atoms with Gasteiger partial charge in [0.2, 0.25) is 0 Å². The largest absolute Gasteiger partial charge is 0.508 e. The molecule has 1 aromatic carbocycles. The number of aromatic hydroxyl groups is 1. The highest BCUT2D eigenvalue weighted by atomic mass is 16.5. The van der Waals surface area contributed by atoms with Crippen molar-refractivity contribution in [1.82, 2.24) is 4.98 Å². The fourth-order valence-corrected chi connectivity index (χ4v) is 1.42. The van der Waals surface area contributed by atoms with Crippen LogP contribution in [0.5, 0.6) is 11.5 Å². The van der Waals surface area contributed by atoms with Crippen molar-refractivity contribution in [3.05, 3.63) is 53.9 Å². The number of carboxylic acid groups (broad SMARTS) is 1. The second-order valence-corrected chi connectivity index (χ2v) is 3.63. The van der Waals surface area contributed by atoms with Crippen molar-refractivity contribution in [1.29, 1.82) is 0 Å². The predicted octanol–water partition coefficient (Wildman–Crippen LogP) is 2.06. The Bertz CT molecular complexity index is 551. The number of hydrogen-bond acceptors (Lipinski definition) is 4. The number of phenols is 1. The van der Waals surface area contributed by atoms with Crippen molar-refractivity contribution >= 4 is 5.97 Å². The molecule has 0 amide bonds. The van der Waals surface area contributed by atoms with Gasteiger partial charge < -0.3 is 14.9 Å². The van der Waals surface area contributed by atoms with Crippen LogP contribution in [-0.4, -0.2) is 21.2 Å². The number of phenolic OH excluding ortho intramolecular Hbond substituents is 1. The van der Waals surface area contributed by atoms with E-state index >= 15 is 0 Å². The number of ether oxygens (including phenoxy) is 1. The van der Waals surface area contributed by atoms with Crippen LogP contribution in [0.4, 0.5) is 0 Å². The molecule has 92 valence electrons. The first-order valence-corrected chi connectivity index (χ1v) is 5.25. The maximum absolute atomic E-state index is 10.9. The van der Waals surface area contributed by atoms with Crippen LogP contribution in [0.1, 0.15) is 15.9 Å². The molecule has 0 saturated carbocycles. The van der Waals surface area contributed by atoms with E-state index in [1.54, 1.807) is 24.3 Å². The van der Waals surface area contributed by atoms with Crippen molar-refractivity contribution in [3.8, 4) is 11.5 Å². The highest BCUT2D eigenvalue weighted by Crippen LogP contribution is 2.18. The van der Waals surface area contributed by atoms with Crippen molar-refractivity contribution in [2.45, 2.75) is 6.61 Å². The van der Waals surface area contributed by atoms with Gasteiger partial charge in [0.1, 0.15) is 17.9 Å². The quantitative estimate of drug-likeness (QED) is 0.861. The van der Waals surface area contributed by atoms with Crippen LogP contribution in [0.15, 0.2) is 42.7 Å². The normalized spacial score (nSPS) is 10.0. The summed E-state index contributed by atoms with van der Waals surface area (Å²) in [7, 11) is 0. The van der Waals surface area contributed by atoms with Gasteiger partial charge in [0, 0.05) is 6.20 Å². The fraction of sp³-hybridized carbons (Fsp3) is 0.0769. The molecule has 0 atom stereocenters. The number of nitrogens with zero attached hydrogens (tertiary/aromatic N) is 1. The molecule has 18 heavy (non-hydrogen) atoms. The van der Waals surface area contributed by atoms with Crippen LogP contribution in [0.3, 0.4) is 0 Å². The molecule has 2 aromatic rings. The molecule has 2 N–H and O–H groups in total. The Kier molecular flexibility index (Phi) is 3.43. The van der Waals surface area contributed by atoms with E-state index in [2.05, 4.69) is 4.98 Å². The summed E-state index contributed by atoms with van der Waals surface area (Å²) < 4.78 is 5.40. The number of aromatic nitrogens is 1. The van der Waals surface area contributed by atoms with Crippen LogP contribution < -0.4 is 4.74 Å². The van der Waals surface area contributed by atoms with E-state index in [0.29, 0.717) is 0 Å². The van der Waals surface area contributed by atoms with Gasteiger partial charge in [0.05, 0.1) is 6.20 Å². The fourth-order valence-electron chi connectivity index (χ4n) is 1.42. The molecule has 0 aliphatic carbocycles. The third kappa shape index (κ3) is 2.76. The third-order valence-electron chi connectivity index (χ3n) is 2.35. The van der Waals surface area contributed by atoms with Gasteiger partial charge in [0.15, 0.2) is 5.75 Å². The number of pyridine rings is 1. The summed E-state index contributed by atoms with van der Waals surface area (Å²) >= 11 is 0. The zero-order valence-corrected chi connectivity index (χ0v) is 9.41. The van der Waals surface area contributed by atoms with E-state index in [1.165, 1.54) is 18.5 Å². The summed E-state index contributed by atoms with van der Waals surface area (Å²) in [5.74, 6) is -0.664. The lowest BCUT2D eigenvalue weighted by atomic mass is 10.2. The molecule has 0 saturated heterocycles. The number of carboxylic acids is 1. The molecule has 0 aliphatic heterocycles. The third-order valence-corrected chi connectivity index (χ3v) is 2.35. The SMILES string of the molecule is O=C(O)c1ccncc1OCc1ccc(O)cc1. The molecule has 2 rings (SSSR count). The van der Waals surface area contributed by atoms with E-state index in [0.717, 1.165) is 5.56 Å². The summed E-state index contributed by atoms with van der Waals surface area (Å²) in [5.41, 5.74) is 0.900. The van der Waals surface area contributed by atoms with Gasteiger partial charge >= 0.3 is 5.97 Å². The summed E-state index contributed by atoms with van der Waals surface area (Å²) in [5, 5.41) is 18.1. The second-order valence-electron chi connectivity index (χ2n) is 3.63. The van der Waals surface area contributed by atoms with Crippen molar-refractivity contribution in [2.24, 2.45) is 0 Å². The number of aromatic carboxylic acids is 1. The lowest BCUT2D eigenvalue weighted by molar-refractivity contribution is 0.0691. The maximum Gasteiger partial charge on any atom is 0.339 e. The van der Waals surface area contributed by atoms with Crippen LogP contribution in [0.25, 0.3) is 0 Å². The van der Waals surface area contributed by atoms with Crippen LogP contribution >= 0.6 is 0 Å². The van der Waals surface area contributed by atoms with Gasteiger partial charge in [-0.2, -0.15) is 0 Å². The Hall–Kier alpha value is -2.56. The summed E-state index contributed by atoms with van der Waals surface area (Å²) in [6.45, 7) is 0.215. The first kappa shape index (κ1) is 11.9. The molecular weight excluding hydrogens is 234 g/mol. The molecule has 0 fully saturated rings. The van der Waals surface area contributed by atoms with Crippen LogP contribution in [0.2, 0.25) is 0 Å². The number of benzene rings is 1. The molecule has 0 radical (unpaired) electrons. The first-order valence-electron chi connectivity index (χ1n) is 5.25. The van der Waals surface area contributed by atoms with Gasteiger partial charge in [-0.1, -0.05) is 12.1 Å². The Labute approximate surface area is 103 Å². The zero-order chi connectivity index (χ0) is 13.0. The van der Waals surface area contributed by atoms with Gasteiger partial charge in [-0.15, -0.1) is 0 Å². The Balaban J connectivity index is 2.10. The van der Waals surface area contributed by atoms with E-state index in [1.807, 2.05) is 0 Å². The molecule has 0 aliphatic rings. The average molecular weight is 245 g/mol. The molecule has 1 aromatic heterocycles. The Morgan fingerprint density at radius 3 is 2.61 bits per heavy atom. The van der Waals surface area contributed by atoms with Crippen LogP contribution in [-0.2, 0) is 6.61 Å². The van der Waals surface area contributed by atoms with E-state index in [9.17, 15) is 4.79 Å². The Morgan fingerprint density at radius 1 is 1.22 bits per heavy atom. The molecular formula is C13H11NO4. The molecule has 1 heterocycles. The van der Waals surface area contributed by atoms with Gasteiger partial charge in [-0.05, 0) is 23.8 Å². The van der Waals surface area contributed by atoms with E-state index in [-0.39, 0.29) is 23.7 Å². The molecule has 0 spiro atoms. The highest BCUT2D eigenvalue weighted by molar-refractivity contribution is 5.90. The standard InChI is InChI=1S/C13H11NO4/c15-10-3-1-9(2-4-10)8-18-12-7-14-6-5-11(12)13(16)17/h1-7,15H,8H2,(H,16,17). The minimum atomic E-state index is -1.06. The van der Waals surface area contributed by atoms with E-state index < -0.39 is 5.97 Å². The van der Waals surface area contributed by atoms with Crippen molar-refractivity contribution in [3.63, 3.8) is 0 Å². The topological polar surface area (TPSA) is 79.7 Å². The summed E-state index contributed by atoms with van der Waals surface area (Å²) in [4.78, 5) is 14.8. The number of carbonyl (C=O) groups is 1. The smallest absolute Gasteiger partial charge is 0.339 e. The monoisotopic (exact) mass is 245 g/mol. The lowest BCUT2D eigenvalue weighted by Crippen LogP contribution is -2.03. The van der Waals surface area contributed by atoms with Crippen molar-refractivity contribution < 1.29 is 19.7 Å². The predicted molar refractivity (Wildman–Crippen MR) is 63.6 cm³/mol. The van der Waals surface area contributed by atoms with Gasteiger partial charge in [-0.3, -0.25) is 4.98 Å². The summed E-state index contributed by atoms with van der Waals surface area (Å²) in [6.07, 6.45) is 2.76. The molecule has 0 unspecified atom stereocenters. The minimum Gasteiger partial charge on any atom is -0.508 e.